The lowest BCUT2D eigenvalue weighted by Crippen LogP contribution is -1.93. The van der Waals surface area contributed by atoms with Crippen LogP contribution in [0.4, 0.5) is 0 Å². The molecule has 0 amide bonds. The van der Waals surface area contributed by atoms with E-state index in [1.54, 1.807) is 0 Å². The molecule has 1 rings (SSSR count). The molecule has 0 unspecified atom stereocenters. The van der Waals surface area contributed by atoms with Crippen LogP contribution in [-0.2, 0) is 6.42 Å². The van der Waals surface area contributed by atoms with Crippen molar-refractivity contribution in [2.45, 2.75) is 96.8 Å². The molecule has 0 aliphatic carbocycles. The molecule has 0 fully saturated rings. The molecule has 24 heavy (non-hydrogen) atoms. The Labute approximate surface area is 163 Å². The lowest BCUT2D eigenvalue weighted by Gasteiger charge is -2.06. The normalized spacial score (nSPS) is 10.7. The number of nitriles is 1. The van der Waals surface area contributed by atoms with E-state index in [1.807, 2.05) is 12.1 Å². The zero-order chi connectivity index (χ0) is 17.5. The topological polar surface area (TPSA) is 23.8 Å². The monoisotopic (exact) mass is 439 g/mol. The number of benzene rings is 1. The Morgan fingerprint density at radius 1 is 0.792 bits per heavy atom. The molecule has 0 atom stereocenters. The van der Waals surface area contributed by atoms with Crippen LogP contribution in [0.1, 0.15) is 102 Å². The largest absolute Gasteiger partial charge is 0.192 e. The van der Waals surface area contributed by atoms with Gasteiger partial charge in [-0.15, -0.1) is 0 Å². The summed E-state index contributed by atoms with van der Waals surface area (Å²) in [6.07, 6.45) is 19.3. The van der Waals surface area contributed by atoms with Gasteiger partial charge in [-0.3, -0.25) is 0 Å². The number of aryl methyl sites for hydroxylation is 1. The lowest BCUT2D eigenvalue weighted by atomic mass is 10.0. The number of nitrogens with zero attached hydrogens (tertiary/aromatic N) is 1. The van der Waals surface area contributed by atoms with Crippen molar-refractivity contribution in [2.24, 2.45) is 0 Å². The van der Waals surface area contributed by atoms with Gasteiger partial charge < -0.3 is 0 Å². The number of hydrogen-bond donors (Lipinski definition) is 0. The van der Waals surface area contributed by atoms with E-state index in [1.165, 1.54) is 89.0 Å². The van der Waals surface area contributed by atoms with Gasteiger partial charge in [0.05, 0.1) is 5.56 Å². The van der Waals surface area contributed by atoms with Crippen LogP contribution < -0.4 is 0 Å². The Balaban J connectivity index is 1.93. The second-order valence-electron chi connectivity index (χ2n) is 6.88. The van der Waals surface area contributed by atoms with Gasteiger partial charge in [0.25, 0.3) is 0 Å². The van der Waals surface area contributed by atoms with Crippen LogP contribution in [-0.4, -0.2) is 0 Å². The molecule has 1 aromatic rings. The predicted octanol–water partition coefficient (Wildman–Crippen LogP) is 7.80. The van der Waals surface area contributed by atoms with E-state index in [0.717, 1.165) is 15.6 Å². The molecule has 0 aliphatic rings. The molecule has 2 heteroatoms. The number of unbranched alkanes of at least 4 members (excludes halogenated alkanes) is 12. The highest BCUT2D eigenvalue weighted by Crippen LogP contribution is 2.19. The summed E-state index contributed by atoms with van der Waals surface area (Å²) in [6.45, 7) is 2.28. The van der Waals surface area contributed by atoms with Crippen LogP contribution in [0.5, 0.6) is 0 Å². The van der Waals surface area contributed by atoms with Crippen molar-refractivity contribution in [2.75, 3.05) is 0 Å². The second-order valence-corrected chi connectivity index (χ2v) is 7.96. The summed E-state index contributed by atoms with van der Waals surface area (Å²) in [5.41, 5.74) is 2.17. The van der Waals surface area contributed by atoms with Crippen LogP contribution in [0.2, 0.25) is 0 Å². The van der Waals surface area contributed by atoms with E-state index in [2.05, 4.69) is 41.7 Å². The second kappa shape index (κ2) is 14.8. The predicted molar refractivity (Wildman–Crippen MR) is 113 cm³/mol. The lowest BCUT2D eigenvalue weighted by molar-refractivity contribution is 0.539. The third-order valence-electron chi connectivity index (χ3n) is 4.75. The van der Waals surface area contributed by atoms with Crippen LogP contribution in [0.3, 0.4) is 0 Å². The Morgan fingerprint density at radius 3 is 1.79 bits per heavy atom. The third-order valence-corrected chi connectivity index (χ3v) is 6.02. The fourth-order valence-corrected chi connectivity index (χ4v) is 3.94. The summed E-state index contributed by atoms with van der Waals surface area (Å²) in [6, 6.07) is 8.37. The first-order valence-corrected chi connectivity index (χ1v) is 11.0. The van der Waals surface area contributed by atoms with E-state index in [-0.39, 0.29) is 0 Å². The minimum atomic E-state index is 0.822. The molecule has 0 aliphatic heterocycles. The first-order valence-electron chi connectivity index (χ1n) is 9.97. The molecular formula is C22H34IN. The van der Waals surface area contributed by atoms with Gasteiger partial charge >= 0.3 is 0 Å². The maximum Gasteiger partial charge on any atom is 0.100 e. The molecule has 1 aromatic carbocycles. The zero-order valence-electron chi connectivity index (χ0n) is 15.5. The molecule has 0 radical (unpaired) electrons. The number of halogens is 1. The highest BCUT2D eigenvalue weighted by atomic mass is 127. The van der Waals surface area contributed by atoms with Gasteiger partial charge in [-0.25, -0.2) is 0 Å². The quantitative estimate of drug-likeness (QED) is 0.214. The Hall–Kier alpha value is -0.560. The van der Waals surface area contributed by atoms with Crippen molar-refractivity contribution < 1.29 is 0 Å². The van der Waals surface area contributed by atoms with Crippen molar-refractivity contribution in [3.8, 4) is 6.07 Å². The van der Waals surface area contributed by atoms with Crippen molar-refractivity contribution in [1.82, 2.24) is 0 Å². The Bertz CT molecular complexity index is 475. The molecule has 0 bridgehead atoms. The van der Waals surface area contributed by atoms with Gasteiger partial charge in [0.2, 0.25) is 0 Å². The fourth-order valence-electron chi connectivity index (χ4n) is 3.19. The molecule has 0 heterocycles. The Morgan fingerprint density at radius 2 is 1.29 bits per heavy atom. The Kier molecular flexibility index (Phi) is 13.2. The standard InChI is InChI=1S/C22H34IN/c1-2-3-4-5-6-7-8-9-10-11-12-13-14-16-20-17-15-18-21(19-24)22(20)23/h15,17-18H,2-14,16H2,1H3. The summed E-state index contributed by atoms with van der Waals surface area (Å²) in [5, 5.41) is 9.07. The third kappa shape index (κ3) is 9.67. The summed E-state index contributed by atoms with van der Waals surface area (Å²) >= 11 is 2.32. The number of hydrogen-bond acceptors (Lipinski definition) is 1. The highest BCUT2D eigenvalue weighted by Gasteiger charge is 2.04. The van der Waals surface area contributed by atoms with Crippen molar-refractivity contribution in [3.63, 3.8) is 0 Å². The average Bonchev–Trinajstić information content (AvgIpc) is 2.60. The minimum absolute atomic E-state index is 0.822. The molecule has 0 N–H and O–H groups in total. The van der Waals surface area contributed by atoms with Crippen LogP contribution in [0.25, 0.3) is 0 Å². The van der Waals surface area contributed by atoms with Gasteiger partial charge in [-0.05, 0) is 47.1 Å². The van der Waals surface area contributed by atoms with Crippen molar-refractivity contribution >= 4 is 22.6 Å². The maximum absolute atomic E-state index is 9.07. The molecular weight excluding hydrogens is 405 g/mol. The summed E-state index contributed by atoms with van der Waals surface area (Å²) in [7, 11) is 0. The SMILES string of the molecule is CCCCCCCCCCCCCCCc1cccc(C#N)c1I. The summed E-state index contributed by atoms with van der Waals surface area (Å²) < 4.78 is 1.15. The van der Waals surface area contributed by atoms with Crippen molar-refractivity contribution in [1.29, 1.82) is 5.26 Å². The smallest absolute Gasteiger partial charge is 0.100 e. The van der Waals surface area contributed by atoms with E-state index < -0.39 is 0 Å². The van der Waals surface area contributed by atoms with Gasteiger partial charge in [-0.1, -0.05) is 96.1 Å². The number of rotatable bonds is 14. The molecule has 0 saturated heterocycles. The van der Waals surface area contributed by atoms with Crippen molar-refractivity contribution in [3.05, 3.63) is 32.9 Å². The van der Waals surface area contributed by atoms with E-state index >= 15 is 0 Å². The average molecular weight is 439 g/mol. The molecule has 0 saturated carbocycles. The highest BCUT2D eigenvalue weighted by molar-refractivity contribution is 14.1. The summed E-state index contributed by atoms with van der Waals surface area (Å²) in [4.78, 5) is 0. The van der Waals surface area contributed by atoms with E-state index in [9.17, 15) is 0 Å². The molecule has 134 valence electrons. The first kappa shape index (κ1) is 21.5. The van der Waals surface area contributed by atoms with E-state index in [0.29, 0.717) is 0 Å². The molecule has 0 spiro atoms. The molecule has 0 aromatic heterocycles. The van der Waals surface area contributed by atoms with E-state index in [4.69, 9.17) is 5.26 Å². The van der Waals surface area contributed by atoms with Crippen LogP contribution in [0, 0.1) is 14.9 Å². The fraction of sp³-hybridized carbons (Fsp3) is 0.682. The maximum atomic E-state index is 9.07. The van der Waals surface area contributed by atoms with Crippen LogP contribution in [0.15, 0.2) is 18.2 Å². The van der Waals surface area contributed by atoms with Gasteiger partial charge in [-0.2, -0.15) is 5.26 Å². The van der Waals surface area contributed by atoms with Gasteiger partial charge in [0, 0.05) is 3.57 Å². The minimum Gasteiger partial charge on any atom is -0.192 e. The van der Waals surface area contributed by atoms with Gasteiger partial charge in [0.15, 0.2) is 0 Å². The summed E-state index contributed by atoms with van der Waals surface area (Å²) in [5.74, 6) is 0. The zero-order valence-corrected chi connectivity index (χ0v) is 17.6. The van der Waals surface area contributed by atoms with Crippen LogP contribution >= 0.6 is 22.6 Å². The van der Waals surface area contributed by atoms with Gasteiger partial charge in [0.1, 0.15) is 6.07 Å². The molecule has 1 nitrogen and oxygen atoms in total. The first-order chi connectivity index (χ1) is 11.8.